The van der Waals surface area contributed by atoms with E-state index in [-0.39, 0.29) is 17.5 Å². The summed E-state index contributed by atoms with van der Waals surface area (Å²) in [6, 6.07) is 23.1. The highest BCUT2D eigenvalue weighted by Gasteiger charge is 2.26. The number of hydrogen-bond acceptors (Lipinski definition) is 3. The zero-order valence-corrected chi connectivity index (χ0v) is 20.3. The molecule has 0 aliphatic carbocycles. The topological polar surface area (TPSA) is 55.2 Å². The van der Waals surface area contributed by atoms with Crippen LogP contribution in [0.1, 0.15) is 48.8 Å². The second-order valence-electron chi connectivity index (χ2n) is 8.76. The maximum absolute atomic E-state index is 13.7. The summed E-state index contributed by atoms with van der Waals surface area (Å²) >= 11 is 0. The largest absolute Gasteiger partial charge is 0.333 e. The van der Waals surface area contributed by atoms with Crippen LogP contribution in [0.2, 0.25) is 0 Å². The first-order chi connectivity index (χ1) is 16.4. The molecule has 5 heteroatoms. The molecular weight excluding hydrogens is 422 g/mol. The van der Waals surface area contributed by atoms with Gasteiger partial charge in [0.1, 0.15) is 5.82 Å². The van der Waals surface area contributed by atoms with E-state index in [1.165, 1.54) is 0 Å². The number of carbonyl (C=O) groups excluding carboxylic acids is 1. The molecule has 0 fully saturated rings. The molecule has 5 nitrogen and oxygen atoms in total. The van der Waals surface area contributed by atoms with Crippen molar-refractivity contribution in [2.45, 2.75) is 46.6 Å². The van der Waals surface area contributed by atoms with E-state index < -0.39 is 0 Å². The lowest BCUT2D eigenvalue weighted by molar-refractivity contribution is -0.133. The first-order valence-electron chi connectivity index (χ1n) is 11.8. The van der Waals surface area contributed by atoms with Crippen molar-refractivity contribution in [3.05, 3.63) is 106 Å². The minimum atomic E-state index is -0.369. The number of hydrogen-bond donors (Lipinski definition) is 0. The van der Waals surface area contributed by atoms with E-state index in [4.69, 9.17) is 4.98 Å². The van der Waals surface area contributed by atoms with Gasteiger partial charge < -0.3 is 4.90 Å². The normalized spacial score (nSPS) is 12.0. The van der Waals surface area contributed by atoms with Crippen molar-refractivity contribution in [1.82, 2.24) is 14.5 Å². The number of carbonyl (C=O) groups is 1. The zero-order chi connectivity index (χ0) is 24.2. The molecular formula is C29H31N3O2. The van der Waals surface area contributed by atoms with Crippen LogP contribution in [0.4, 0.5) is 0 Å². The predicted octanol–water partition coefficient (Wildman–Crippen LogP) is 5.54. The summed E-state index contributed by atoms with van der Waals surface area (Å²) in [4.78, 5) is 33.7. The summed E-state index contributed by atoms with van der Waals surface area (Å²) in [5, 5.41) is 0.567. The molecule has 34 heavy (non-hydrogen) atoms. The number of nitrogens with zero attached hydrogens (tertiary/aromatic N) is 3. The Morgan fingerprint density at radius 3 is 2.41 bits per heavy atom. The summed E-state index contributed by atoms with van der Waals surface area (Å²) in [5.74, 6) is 0.624. The van der Waals surface area contributed by atoms with Gasteiger partial charge in [-0.3, -0.25) is 14.2 Å². The number of fused-ring (bicyclic) bond motifs is 1. The van der Waals surface area contributed by atoms with E-state index in [2.05, 4.69) is 6.07 Å². The van der Waals surface area contributed by atoms with Crippen molar-refractivity contribution in [2.75, 3.05) is 6.54 Å². The number of para-hydroxylation sites is 1. The minimum Gasteiger partial charge on any atom is -0.333 e. The van der Waals surface area contributed by atoms with Crippen LogP contribution in [0, 0.1) is 13.8 Å². The fourth-order valence-electron chi connectivity index (χ4n) is 4.56. The second-order valence-corrected chi connectivity index (χ2v) is 8.76. The molecule has 4 rings (SSSR count). The number of aryl methyl sites for hydroxylation is 3. The Bertz CT molecular complexity index is 1380. The molecule has 1 unspecified atom stereocenters. The number of aromatic nitrogens is 2. The van der Waals surface area contributed by atoms with Gasteiger partial charge in [-0.15, -0.1) is 0 Å². The van der Waals surface area contributed by atoms with Gasteiger partial charge in [-0.05, 0) is 63.4 Å². The molecule has 0 spiro atoms. The Labute approximate surface area is 200 Å². The van der Waals surface area contributed by atoms with Crippen molar-refractivity contribution in [2.24, 2.45) is 0 Å². The molecule has 0 radical (unpaired) electrons. The number of amides is 1. The Morgan fingerprint density at radius 2 is 1.71 bits per heavy atom. The third-order valence-electron chi connectivity index (χ3n) is 6.37. The molecule has 0 saturated heterocycles. The van der Waals surface area contributed by atoms with E-state index in [1.807, 2.05) is 99.3 Å². The molecule has 0 saturated carbocycles. The van der Waals surface area contributed by atoms with Crippen molar-refractivity contribution in [3.63, 3.8) is 0 Å². The summed E-state index contributed by atoms with van der Waals surface area (Å²) in [7, 11) is 0. The minimum absolute atomic E-state index is 0.0495. The van der Waals surface area contributed by atoms with E-state index in [0.29, 0.717) is 36.1 Å². The average molecular weight is 454 g/mol. The molecule has 0 bridgehead atoms. The molecule has 3 aromatic carbocycles. The quantitative estimate of drug-likeness (QED) is 0.369. The van der Waals surface area contributed by atoms with Crippen LogP contribution in [-0.2, 0) is 11.2 Å². The third-order valence-corrected chi connectivity index (χ3v) is 6.37. The molecule has 1 aromatic heterocycles. The first-order valence-corrected chi connectivity index (χ1v) is 11.8. The Balaban J connectivity index is 1.78. The van der Waals surface area contributed by atoms with Crippen LogP contribution >= 0.6 is 0 Å². The van der Waals surface area contributed by atoms with E-state index in [1.54, 1.807) is 4.57 Å². The van der Waals surface area contributed by atoms with Gasteiger partial charge in [0.05, 0.1) is 22.6 Å². The predicted molar refractivity (Wildman–Crippen MR) is 137 cm³/mol. The summed E-state index contributed by atoms with van der Waals surface area (Å²) < 4.78 is 1.69. The Kier molecular flexibility index (Phi) is 6.92. The fourth-order valence-corrected chi connectivity index (χ4v) is 4.56. The van der Waals surface area contributed by atoms with Crippen molar-refractivity contribution < 1.29 is 4.79 Å². The van der Waals surface area contributed by atoms with Crippen molar-refractivity contribution in [1.29, 1.82) is 0 Å². The first kappa shape index (κ1) is 23.4. The van der Waals surface area contributed by atoms with Crippen LogP contribution in [0.5, 0.6) is 0 Å². The van der Waals surface area contributed by atoms with E-state index in [9.17, 15) is 9.59 Å². The van der Waals surface area contributed by atoms with Gasteiger partial charge in [0.25, 0.3) is 5.56 Å². The molecule has 1 heterocycles. The summed E-state index contributed by atoms with van der Waals surface area (Å²) in [6.07, 6.45) is 1.08. The molecule has 4 aromatic rings. The summed E-state index contributed by atoms with van der Waals surface area (Å²) in [5.41, 5.74) is 4.57. The van der Waals surface area contributed by atoms with Crippen LogP contribution in [-0.4, -0.2) is 26.9 Å². The highest BCUT2D eigenvalue weighted by atomic mass is 16.2. The highest BCUT2D eigenvalue weighted by Crippen LogP contribution is 2.25. The molecule has 1 atom stereocenters. The zero-order valence-electron chi connectivity index (χ0n) is 20.3. The number of benzene rings is 3. The number of rotatable bonds is 7. The standard InChI is InChI=1S/C29H31N3O2/c1-5-31(27(33)18-16-23-11-7-6-8-12-23)22(4)28-30-25-14-10-9-13-24(25)29(34)32(28)26-17-15-20(2)19-21(26)3/h6-15,17,19,22H,5,16,18H2,1-4H3. The second kappa shape index (κ2) is 10.0. The van der Waals surface area contributed by atoms with Crippen LogP contribution in [0.3, 0.4) is 0 Å². The van der Waals surface area contributed by atoms with Gasteiger partial charge in [-0.1, -0.05) is 60.2 Å². The monoisotopic (exact) mass is 453 g/mol. The average Bonchev–Trinajstić information content (AvgIpc) is 2.84. The molecule has 0 aliphatic heterocycles. The molecule has 0 aliphatic rings. The molecule has 174 valence electrons. The smallest absolute Gasteiger partial charge is 0.266 e. The molecule has 0 N–H and O–H groups in total. The van der Waals surface area contributed by atoms with Crippen LogP contribution in [0.15, 0.2) is 77.6 Å². The lowest BCUT2D eigenvalue weighted by Gasteiger charge is -2.30. The van der Waals surface area contributed by atoms with Gasteiger partial charge in [0, 0.05) is 13.0 Å². The Hall–Kier alpha value is -3.73. The lowest BCUT2D eigenvalue weighted by Crippen LogP contribution is -2.37. The van der Waals surface area contributed by atoms with Crippen molar-refractivity contribution >= 4 is 16.8 Å². The maximum Gasteiger partial charge on any atom is 0.266 e. The fraction of sp³-hybridized carbons (Fsp3) is 0.276. The van der Waals surface area contributed by atoms with Crippen LogP contribution < -0.4 is 5.56 Å². The van der Waals surface area contributed by atoms with Gasteiger partial charge in [0.15, 0.2) is 0 Å². The van der Waals surface area contributed by atoms with Crippen molar-refractivity contribution in [3.8, 4) is 5.69 Å². The van der Waals surface area contributed by atoms with Gasteiger partial charge in [0.2, 0.25) is 5.91 Å². The molecule has 1 amide bonds. The third kappa shape index (κ3) is 4.65. The van der Waals surface area contributed by atoms with Gasteiger partial charge in [-0.2, -0.15) is 0 Å². The maximum atomic E-state index is 13.7. The highest BCUT2D eigenvalue weighted by molar-refractivity contribution is 5.79. The SMILES string of the molecule is CCN(C(=O)CCc1ccccc1)C(C)c1nc2ccccc2c(=O)n1-c1ccc(C)cc1C. The van der Waals surface area contributed by atoms with Gasteiger partial charge in [-0.25, -0.2) is 4.98 Å². The van der Waals surface area contributed by atoms with Crippen LogP contribution in [0.25, 0.3) is 16.6 Å². The summed E-state index contributed by atoms with van der Waals surface area (Å²) in [6.45, 7) is 8.50. The lowest BCUT2D eigenvalue weighted by atomic mass is 10.1. The van der Waals surface area contributed by atoms with E-state index in [0.717, 1.165) is 22.4 Å². The van der Waals surface area contributed by atoms with E-state index >= 15 is 0 Å². The van der Waals surface area contributed by atoms with Gasteiger partial charge >= 0.3 is 0 Å². The Morgan fingerprint density at radius 1 is 1.00 bits per heavy atom.